The van der Waals surface area contributed by atoms with Crippen LogP contribution in [0.25, 0.3) is 5.65 Å². The number of pyridine rings is 1. The number of tetrazole rings is 1. The molecule has 3 aromatic rings. The van der Waals surface area contributed by atoms with E-state index in [1.54, 1.807) is 23.1 Å². The molecule has 2 N–H and O–H groups in total. The molecule has 2 aliphatic rings. The van der Waals surface area contributed by atoms with Crippen LogP contribution in [0.1, 0.15) is 21.9 Å². The Balaban J connectivity index is 1.34. The van der Waals surface area contributed by atoms with Crippen molar-refractivity contribution < 1.29 is 9.90 Å². The molecular formula is C18H21ClN8O2. The first kappa shape index (κ1) is 18.5. The molecule has 0 spiro atoms. The third-order valence-electron chi connectivity index (χ3n) is 6.19. The highest BCUT2D eigenvalue weighted by molar-refractivity contribution is 6.31. The smallest absolute Gasteiger partial charge is 0.272 e. The maximum Gasteiger partial charge on any atom is 0.272 e. The summed E-state index contributed by atoms with van der Waals surface area (Å²) in [5, 5.41) is 29.5. The third kappa shape index (κ3) is 2.90. The van der Waals surface area contributed by atoms with Gasteiger partial charge in [0.05, 0.1) is 23.0 Å². The van der Waals surface area contributed by atoms with Crippen molar-refractivity contribution in [1.29, 1.82) is 0 Å². The second-order valence-electron chi connectivity index (χ2n) is 8.04. The van der Waals surface area contributed by atoms with Crippen molar-refractivity contribution >= 4 is 23.2 Å². The number of aromatic nitrogens is 6. The van der Waals surface area contributed by atoms with E-state index in [4.69, 9.17) is 11.6 Å². The van der Waals surface area contributed by atoms with Crippen molar-refractivity contribution in [2.75, 3.05) is 32.8 Å². The van der Waals surface area contributed by atoms with Crippen molar-refractivity contribution in [1.82, 2.24) is 40.0 Å². The van der Waals surface area contributed by atoms with Gasteiger partial charge in [0.2, 0.25) is 0 Å². The van der Waals surface area contributed by atoms with E-state index in [2.05, 4.69) is 30.6 Å². The lowest BCUT2D eigenvalue weighted by Gasteiger charge is -2.27. The van der Waals surface area contributed by atoms with Crippen LogP contribution in [0, 0.1) is 18.3 Å². The summed E-state index contributed by atoms with van der Waals surface area (Å²) >= 11 is 6.31. The van der Waals surface area contributed by atoms with Gasteiger partial charge in [-0.1, -0.05) is 17.7 Å². The van der Waals surface area contributed by atoms with E-state index in [0.29, 0.717) is 42.5 Å². The molecule has 5 heterocycles. The molecule has 29 heavy (non-hydrogen) atoms. The summed E-state index contributed by atoms with van der Waals surface area (Å²) in [6.45, 7) is 5.09. The quantitative estimate of drug-likeness (QED) is 0.631. The van der Waals surface area contributed by atoms with Crippen LogP contribution in [0.15, 0.2) is 18.2 Å². The first-order chi connectivity index (χ1) is 14.0. The van der Waals surface area contributed by atoms with Crippen LogP contribution in [0.2, 0.25) is 5.02 Å². The normalized spacial score (nSPS) is 24.5. The number of hydrogen-bond acceptors (Lipinski definition) is 7. The van der Waals surface area contributed by atoms with E-state index in [1.165, 1.54) is 4.52 Å². The van der Waals surface area contributed by atoms with E-state index >= 15 is 0 Å². The van der Waals surface area contributed by atoms with E-state index in [-0.39, 0.29) is 23.8 Å². The number of aliphatic hydroxyl groups is 1. The topological polar surface area (TPSA) is 116 Å². The fourth-order valence-corrected chi connectivity index (χ4v) is 4.81. The van der Waals surface area contributed by atoms with Crippen LogP contribution in [0.4, 0.5) is 0 Å². The number of aliphatic hydroxyl groups excluding tert-OH is 1. The summed E-state index contributed by atoms with van der Waals surface area (Å²) in [6.07, 6.45) is 0. The minimum Gasteiger partial charge on any atom is -0.396 e. The van der Waals surface area contributed by atoms with E-state index in [1.807, 2.05) is 6.92 Å². The first-order valence-corrected chi connectivity index (χ1v) is 9.87. The number of nitrogens with one attached hydrogen (secondary N) is 1. The molecule has 152 valence electrons. The lowest BCUT2D eigenvalue weighted by Crippen LogP contribution is -2.39. The fourth-order valence-electron chi connectivity index (χ4n) is 4.66. The summed E-state index contributed by atoms with van der Waals surface area (Å²) in [5.74, 6) is 0.0611. The van der Waals surface area contributed by atoms with Crippen molar-refractivity contribution in [2.24, 2.45) is 11.3 Å². The summed E-state index contributed by atoms with van der Waals surface area (Å²) in [6, 6.07) is 5.25. The van der Waals surface area contributed by atoms with E-state index in [0.717, 1.165) is 17.9 Å². The number of amides is 1. The molecule has 2 aliphatic heterocycles. The SMILES string of the molecule is Cc1[nH]nc(CN2CC3CN(C(=O)c4cccc5nnnn45)CC3(CO)C2)c1Cl. The van der Waals surface area contributed by atoms with E-state index < -0.39 is 0 Å². The average molecular weight is 417 g/mol. The van der Waals surface area contributed by atoms with Gasteiger partial charge >= 0.3 is 0 Å². The second kappa shape index (κ2) is 6.75. The fraction of sp³-hybridized carbons (Fsp3) is 0.500. The lowest BCUT2D eigenvalue weighted by atomic mass is 9.82. The maximum absolute atomic E-state index is 13.2. The van der Waals surface area contributed by atoms with Crippen molar-refractivity contribution in [2.45, 2.75) is 13.5 Å². The standard InChI is InChI=1S/C18H21ClN8O2/c1-11-16(19)13(21-20-11)7-25-5-12-6-26(9-18(12,8-25)10-28)17(29)14-3-2-4-15-22-23-24-27(14)15/h2-4,12,28H,5-10H2,1H3,(H,20,21). The molecule has 0 radical (unpaired) electrons. The van der Waals surface area contributed by atoms with Gasteiger partial charge in [-0.2, -0.15) is 9.61 Å². The van der Waals surface area contributed by atoms with Gasteiger partial charge < -0.3 is 10.0 Å². The van der Waals surface area contributed by atoms with Gasteiger partial charge in [-0.3, -0.25) is 14.8 Å². The summed E-state index contributed by atoms with van der Waals surface area (Å²) in [7, 11) is 0. The number of hydrogen-bond donors (Lipinski definition) is 2. The van der Waals surface area contributed by atoms with Crippen LogP contribution in [0.5, 0.6) is 0 Å². The molecule has 1 amide bonds. The number of aryl methyl sites for hydroxylation is 1. The molecular weight excluding hydrogens is 396 g/mol. The van der Waals surface area contributed by atoms with Gasteiger partial charge in [0.1, 0.15) is 5.69 Å². The van der Waals surface area contributed by atoms with Gasteiger partial charge in [-0.25, -0.2) is 0 Å². The minimum atomic E-state index is -0.345. The Morgan fingerprint density at radius 3 is 2.97 bits per heavy atom. The maximum atomic E-state index is 13.2. The molecule has 2 atom stereocenters. The first-order valence-electron chi connectivity index (χ1n) is 9.50. The van der Waals surface area contributed by atoms with Crippen molar-refractivity contribution in [3.63, 3.8) is 0 Å². The van der Waals surface area contributed by atoms with Crippen LogP contribution < -0.4 is 0 Å². The molecule has 0 aliphatic carbocycles. The monoisotopic (exact) mass is 416 g/mol. The molecule has 2 saturated heterocycles. The molecule has 3 aromatic heterocycles. The average Bonchev–Trinajstić information content (AvgIpc) is 3.46. The Hall–Kier alpha value is -2.56. The molecule has 0 aromatic carbocycles. The number of rotatable bonds is 4. The van der Waals surface area contributed by atoms with Crippen molar-refractivity contribution in [3.8, 4) is 0 Å². The number of carbonyl (C=O) groups is 1. The Morgan fingerprint density at radius 2 is 2.24 bits per heavy atom. The predicted octanol–water partition coefficient (Wildman–Crippen LogP) is 0.376. The Morgan fingerprint density at radius 1 is 1.38 bits per heavy atom. The molecule has 5 rings (SSSR count). The van der Waals surface area contributed by atoms with Crippen molar-refractivity contribution in [3.05, 3.63) is 40.3 Å². The number of halogens is 1. The van der Waals surface area contributed by atoms with Gasteiger partial charge in [-0.05, 0) is 35.4 Å². The van der Waals surface area contributed by atoms with Crippen LogP contribution in [-0.4, -0.2) is 83.8 Å². The van der Waals surface area contributed by atoms with Gasteiger partial charge in [0, 0.05) is 38.1 Å². The summed E-state index contributed by atoms with van der Waals surface area (Å²) in [4.78, 5) is 17.2. The highest BCUT2D eigenvalue weighted by Crippen LogP contribution is 2.43. The molecule has 11 heteroatoms. The highest BCUT2D eigenvalue weighted by Gasteiger charge is 2.53. The number of nitrogens with zero attached hydrogens (tertiary/aromatic N) is 7. The minimum absolute atomic E-state index is 0.0281. The van der Waals surface area contributed by atoms with Gasteiger partial charge in [-0.15, -0.1) is 5.10 Å². The van der Waals surface area contributed by atoms with Crippen LogP contribution >= 0.6 is 11.6 Å². The molecule has 2 unspecified atom stereocenters. The molecule has 2 fully saturated rings. The Labute approximate surface area is 171 Å². The van der Waals surface area contributed by atoms with Gasteiger partial charge in [0.25, 0.3) is 5.91 Å². The zero-order valence-electron chi connectivity index (χ0n) is 15.9. The van der Waals surface area contributed by atoms with Crippen LogP contribution in [0.3, 0.4) is 0 Å². The number of likely N-dealkylation sites (tertiary alicyclic amines) is 2. The van der Waals surface area contributed by atoms with Gasteiger partial charge in [0.15, 0.2) is 5.65 Å². The molecule has 0 bridgehead atoms. The number of carbonyl (C=O) groups excluding carboxylic acids is 1. The van der Waals surface area contributed by atoms with Crippen LogP contribution in [-0.2, 0) is 6.54 Å². The molecule has 0 saturated carbocycles. The zero-order valence-corrected chi connectivity index (χ0v) is 16.7. The lowest BCUT2D eigenvalue weighted by molar-refractivity contribution is 0.0710. The largest absolute Gasteiger partial charge is 0.396 e. The third-order valence-corrected chi connectivity index (χ3v) is 6.69. The summed E-state index contributed by atoms with van der Waals surface area (Å²) < 4.78 is 1.45. The predicted molar refractivity (Wildman–Crippen MR) is 103 cm³/mol. The highest BCUT2D eigenvalue weighted by atomic mass is 35.5. The second-order valence-corrected chi connectivity index (χ2v) is 8.42. The number of fused-ring (bicyclic) bond motifs is 2. The number of aromatic amines is 1. The zero-order chi connectivity index (χ0) is 20.2. The number of H-pyrrole nitrogens is 1. The summed E-state index contributed by atoms with van der Waals surface area (Å²) in [5.41, 5.74) is 2.28. The Kier molecular flexibility index (Phi) is 4.30. The Bertz CT molecular complexity index is 1080. The van der Waals surface area contributed by atoms with E-state index in [9.17, 15) is 9.90 Å². The molecule has 10 nitrogen and oxygen atoms in total.